The van der Waals surface area contributed by atoms with Gasteiger partial charge < -0.3 is 11.1 Å². The van der Waals surface area contributed by atoms with Crippen molar-refractivity contribution in [3.8, 4) is 0 Å². The van der Waals surface area contributed by atoms with Gasteiger partial charge in [-0.3, -0.25) is 4.79 Å². The van der Waals surface area contributed by atoms with Crippen LogP contribution in [0.4, 0.5) is 0 Å². The number of nitrogens with two attached hydrogens (primary N) is 1. The number of hydrogen-bond donors (Lipinski definition) is 2. The Morgan fingerprint density at radius 1 is 1.40 bits per heavy atom. The van der Waals surface area contributed by atoms with Crippen LogP contribution in [-0.2, 0) is 4.79 Å². The maximum atomic E-state index is 11.5. The Bertz CT molecular complexity index is 198. The van der Waals surface area contributed by atoms with Crippen molar-refractivity contribution in [1.82, 2.24) is 5.32 Å². The van der Waals surface area contributed by atoms with Crippen LogP contribution in [0.25, 0.3) is 0 Å². The van der Waals surface area contributed by atoms with Crippen molar-refractivity contribution in [3.63, 3.8) is 0 Å². The molecular weight excluding hydrogens is 188 g/mol. The first-order valence-electron chi connectivity index (χ1n) is 6.16. The maximum absolute atomic E-state index is 11.5. The predicted octanol–water partition coefficient (Wildman–Crippen LogP) is 1.67. The molecule has 15 heavy (non-hydrogen) atoms. The maximum Gasteiger partial charge on any atom is 0.222 e. The lowest BCUT2D eigenvalue weighted by Crippen LogP contribution is -2.36. The van der Waals surface area contributed by atoms with Crippen LogP contribution in [0.1, 0.15) is 46.0 Å². The molecule has 88 valence electrons. The van der Waals surface area contributed by atoms with E-state index in [1.165, 1.54) is 12.8 Å². The Morgan fingerprint density at radius 2 is 2.00 bits per heavy atom. The van der Waals surface area contributed by atoms with Crippen molar-refractivity contribution in [2.45, 2.75) is 52.0 Å². The second-order valence-electron chi connectivity index (χ2n) is 4.84. The molecule has 1 saturated carbocycles. The molecule has 0 bridgehead atoms. The van der Waals surface area contributed by atoms with Crippen LogP contribution >= 0.6 is 0 Å². The Labute approximate surface area is 92.8 Å². The molecular formula is C12H24N2O. The zero-order valence-electron chi connectivity index (χ0n) is 9.96. The molecule has 1 fully saturated rings. The highest BCUT2D eigenvalue weighted by atomic mass is 16.1. The van der Waals surface area contributed by atoms with E-state index in [1.54, 1.807) is 0 Å². The van der Waals surface area contributed by atoms with Crippen LogP contribution in [0, 0.1) is 11.8 Å². The fourth-order valence-electron chi connectivity index (χ4n) is 2.00. The summed E-state index contributed by atoms with van der Waals surface area (Å²) in [5.74, 6) is 1.00. The van der Waals surface area contributed by atoms with Crippen LogP contribution in [0.5, 0.6) is 0 Å². The van der Waals surface area contributed by atoms with E-state index in [2.05, 4.69) is 5.32 Å². The fourth-order valence-corrected chi connectivity index (χ4v) is 2.00. The van der Waals surface area contributed by atoms with Crippen molar-refractivity contribution in [2.24, 2.45) is 17.6 Å². The second kappa shape index (κ2) is 6.11. The molecule has 3 nitrogen and oxygen atoms in total. The highest BCUT2D eigenvalue weighted by Gasteiger charge is 2.19. The second-order valence-corrected chi connectivity index (χ2v) is 4.84. The van der Waals surface area contributed by atoms with Crippen molar-refractivity contribution >= 4 is 5.91 Å². The van der Waals surface area contributed by atoms with Gasteiger partial charge in [-0.1, -0.05) is 13.8 Å². The predicted molar refractivity (Wildman–Crippen MR) is 62.4 cm³/mol. The number of carbonyl (C=O) groups excluding carboxylic acids is 1. The summed E-state index contributed by atoms with van der Waals surface area (Å²) in [7, 11) is 0. The van der Waals surface area contributed by atoms with E-state index in [1.807, 2.05) is 13.8 Å². The van der Waals surface area contributed by atoms with Crippen molar-refractivity contribution in [1.29, 1.82) is 0 Å². The molecule has 1 aliphatic rings. The van der Waals surface area contributed by atoms with Crippen LogP contribution in [-0.4, -0.2) is 18.5 Å². The molecule has 0 spiro atoms. The minimum atomic E-state index is 0.149. The number of rotatable bonds is 4. The van der Waals surface area contributed by atoms with Gasteiger partial charge >= 0.3 is 0 Å². The normalized spacial score (nSPS) is 28.5. The molecule has 0 heterocycles. The lowest BCUT2D eigenvalue weighted by Gasteiger charge is -2.26. The summed E-state index contributed by atoms with van der Waals surface area (Å²) >= 11 is 0. The first-order chi connectivity index (χ1) is 7.13. The van der Waals surface area contributed by atoms with E-state index >= 15 is 0 Å². The molecule has 1 amide bonds. The van der Waals surface area contributed by atoms with Gasteiger partial charge in [0.1, 0.15) is 0 Å². The lowest BCUT2D eigenvalue weighted by atomic mass is 9.86. The molecule has 0 radical (unpaired) electrons. The SMILES string of the molecule is CCC(C)C(=O)NCC1CCC(N)CC1. The fraction of sp³-hybridized carbons (Fsp3) is 0.917. The third-order valence-corrected chi connectivity index (χ3v) is 3.52. The molecule has 1 atom stereocenters. The molecule has 0 aliphatic heterocycles. The van der Waals surface area contributed by atoms with Crippen molar-refractivity contribution in [2.75, 3.05) is 6.54 Å². The van der Waals surface area contributed by atoms with Gasteiger partial charge in [0.15, 0.2) is 0 Å². The summed E-state index contributed by atoms with van der Waals surface area (Å²) in [5.41, 5.74) is 5.84. The van der Waals surface area contributed by atoms with Gasteiger partial charge in [-0.15, -0.1) is 0 Å². The minimum absolute atomic E-state index is 0.149. The molecule has 3 N–H and O–H groups in total. The van der Waals surface area contributed by atoms with Crippen LogP contribution in [0.15, 0.2) is 0 Å². The summed E-state index contributed by atoms with van der Waals surface area (Å²) in [5, 5.41) is 3.04. The first-order valence-corrected chi connectivity index (χ1v) is 6.16. The van der Waals surface area contributed by atoms with E-state index in [-0.39, 0.29) is 11.8 Å². The summed E-state index contributed by atoms with van der Waals surface area (Å²) in [6.45, 7) is 4.87. The standard InChI is InChI=1S/C12H24N2O/c1-3-9(2)12(15)14-8-10-4-6-11(13)7-5-10/h9-11H,3-8,13H2,1-2H3,(H,14,15). The summed E-state index contributed by atoms with van der Waals surface area (Å²) in [6.07, 6.45) is 5.49. The molecule has 3 heteroatoms. The van der Waals surface area contributed by atoms with Crippen LogP contribution in [0.2, 0.25) is 0 Å². The molecule has 1 rings (SSSR count). The van der Waals surface area contributed by atoms with Gasteiger partial charge in [-0.05, 0) is 38.0 Å². The van der Waals surface area contributed by atoms with Gasteiger partial charge in [0, 0.05) is 18.5 Å². The molecule has 1 aliphatic carbocycles. The quantitative estimate of drug-likeness (QED) is 0.744. The lowest BCUT2D eigenvalue weighted by molar-refractivity contribution is -0.124. The minimum Gasteiger partial charge on any atom is -0.356 e. The Morgan fingerprint density at radius 3 is 2.53 bits per heavy atom. The number of amides is 1. The van der Waals surface area contributed by atoms with Crippen molar-refractivity contribution in [3.05, 3.63) is 0 Å². The van der Waals surface area contributed by atoms with E-state index < -0.39 is 0 Å². The zero-order chi connectivity index (χ0) is 11.3. The Balaban J connectivity index is 2.17. The van der Waals surface area contributed by atoms with E-state index in [4.69, 9.17) is 5.73 Å². The molecule has 0 aromatic heterocycles. The van der Waals surface area contributed by atoms with E-state index in [0.29, 0.717) is 12.0 Å². The average Bonchev–Trinajstić information content (AvgIpc) is 2.26. The third-order valence-electron chi connectivity index (χ3n) is 3.52. The number of nitrogens with one attached hydrogen (secondary N) is 1. The molecule has 0 aromatic rings. The number of hydrogen-bond acceptors (Lipinski definition) is 2. The van der Waals surface area contributed by atoms with Crippen molar-refractivity contribution < 1.29 is 4.79 Å². The van der Waals surface area contributed by atoms with E-state index in [9.17, 15) is 4.79 Å². The number of carbonyl (C=O) groups is 1. The molecule has 1 unspecified atom stereocenters. The van der Waals surface area contributed by atoms with Gasteiger partial charge in [-0.2, -0.15) is 0 Å². The zero-order valence-corrected chi connectivity index (χ0v) is 9.96. The summed E-state index contributed by atoms with van der Waals surface area (Å²) in [4.78, 5) is 11.5. The van der Waals surface area contributed by atoms with Gasteiger partial charge in [0.05, 0.1) is 0 Å². The Kier molecular flexibility index (Phi) is 5.09. The van der Waals surface area contributed by atoms with Crippen LogP contribution in [0.3, 0.4) is 0 Å². The molecule has 0 aromatic carbocycles. The largest absolute Gasteiger partial charge is 0.356 e. The highest BCUT2D eigenvalue weighted by Crippen LogP contribution is 2.22. The third kappa shape index (κ3) is 4.20. The summed E-state index contributed by atoms with van der Waals surface area (Å²) < 4.78 is 0. The van der Waals surface area contributed by atoms with Gasteiger partial charge in [0.25, 0.3) is 0 Å². The van der Waals surface area contributed by atoms with Gasteiger partial charge in [-0.25, -0.2) is 0 Å². The topological polar surface area (TPSA) is 55.1 Å². The Hall–Kier alpha value is -0.570. The first kappa shape index (κ1) is 12.5. The average molecular weight is 212 g/mol. The smallest absolute Gasteiger partial charge is 0.222 e. The van der Waals surface area contributed by atoms with Crippen LogP contribution < -0.4 is 11.1 Å². The monoisotopic (exact) mass is 212 g/mol. The highest BCUT2D eigenvalue weighted by molar-refractivity contribution is 5.78. The van der Waals surface area contributed by atoms with E-state index in [0.717, 1.165) is 25.8 Å². The molecule has 0 saturated heterocycles. The summed E-state index contributed by atoms with van der Waals surface area (Å²) in [6, 6.07) is 0.395. The van der Waals surface area contributed by atoms with Gasteiger partial charge in [0.2, 0.25) is 5.91 Å².